The largest absolute Gasteiger partial charge is 0.293 e. The average Bonchev–Trinajstić information content (AvgIpc) is 3.30. The quantitative estimate of drug-likeness (QED) is 0.573. The molecule has 2 aromatic heterocycles. The van der Waals surface area contributed by atoms with Crippen molar-refractivity contribution in [3.8, 4) is 11.8 Å². The van der Waals surface area contributed by atoms with Crippen LogP contribution in [0.15, 0.2) is 41.8 Å². The van der Waals surface area contributed by atoms with Gasteiger partial charge in [-0.05, 0) is 46.9 Å². The van der Waals surface area contributed by atoms with Crippen LogP contribution in [0.25, 0.3) is 5.69 Å². The first-order valence-electron chi connectivity index (χ1n) is 9.99. The second-order valence-corrected chi connectivity index (χ2v) is 9.81. The molecule has 3 aromatic rings. The molecule has 4 nitrogen and oxygen atoms in total. The number of hydrogen-bond donors (Lipinski definition) is 0. The molecule has 0 aliphatic heterocycles. The summed E-state index contributed by atoms with van der Waals surface area (Å²) in [7, 11) is 0. The van der Waals surface area contributed by atoms with Crippen LogP contribution in [0.1, 0.15) is 65.8 Å². The van der Waals surface area contributed by atoms with Crippen molar-refractivity contribution in [2.24, 2.45) is 11.3 Å². The number of aromatic nitrogens is 2. The monoisotopic (exact) mass is 403 g/mol. The Balaban J connectivity index is 1.87. The summed E-state index contributed by atoms with van der Waals surface area (Å²) in [5, 5.41) is 16.6. The van der Waals surface area contributed by atoms with Gasteiger partial charge in [-0.1, -0.05) is 45.9 Å². The fourth-order valence-corrected chi connectivity index (χ4v) is 4.84. The number of ketones is 1. The van der Waals surface area contributed by atoms with E-state index >= 15 is 0 Å². The normalized spacial score (nSPS) is 17.9. The lowest BCUT2D eigenvalue weighted by molar-refractivity contribution is 0.0833. The number of benzene rings is 1. The summed E-state index contributed by atoms with van der Waals surface area (Å²) in [6, 6.07) is 14.7. The first kappa shape index (κ1) is 19.6. The summed E-state index contributed by atoms with van der Waals surface area (Å²) in [4.78, 5) is 14.5. The first-order chi connectivity index (χ1) is 13.8. The van der Waals surface area contributed by atoms with Gasteiger partial charge < -0.3 is 0 Å². The first-order valence-corrected chi connectivity index (χ1v) is 10.9. The molecule has 1 unspecified atom stereocenters. The van der Waals surface area contributed by atoms with E-state index in [1.54, 1.807) is 11.3 Å². The average molecular weight is 404 g/mol. The van der Waals surface area contributed by atoms with E-state index in [4.69, 9.17) is 5.10 Å². The van der Waals surface area contributed by atoms with Gasteiger partial charge in [0.2, 0.25) is 0 Å². The van der Waals surface area contributed by atoms with Gasteiger partial charge in [-0.15, -0.1) is 11.3 Å². The highest BCUT2D eigenvalue weighted by molar-refractivity contribution is 7.09. The zero-order valence-electron chi connectivity index (χ0n) is 17.3. The fraction of sp³-hybridized carbons (Fsp3) is 0.375. The van der Waals surface area contributed by atoms with E-state index in [-0.39, 0.29) is 5.78 Å². The standard InChI is InChI=1S/C24H25N3OS/c1-15(2)16-7-9-17(10-8-16)27-21-13-24(3,4)19(14-25)23(28)22(21)20(26-27)12-18-6-5-11-29-18/h5-11,15,19H,12-13H2,1-4H3. The van der Waals surface area contributed by atoms with Gasteiger partial charge in [0.25, 0.3) is 0 Å². The highest BCUT2D eigenvalue weighted by atomic mass is 32.1. The van der Waals surface area contributed by atoms with Crippen LogP contribution in [0.4, 0.5) is 0 Å². The minimum absolute atomic E-state index is 0.0876. The predicted octanol–water partition coefficient (Wildman–Crippen LogP) is 5.55. The van der Waals surface area contributed by atoms with Crippen molar-refractivity contribution in [1.82, 2.24) is 9.78 Å². The van der Waals surface area contributed by atoms with Crippen LogP contribution in [-0.2, 0) is 12.8 Å². The number of hydrogen-bond acceptors (Lipinski definition) is 4. The second kappa shape index (κ2) is 7.27. The van der Waals surface area contributed by atoms with Gasteiger partial charge in [-0.25, -0.2) is 4.68 Å². The van der Waals surface area contributed by atoms with E-state index in [9.17, 15) is 10.1 Å². The second-order valence-electron chi connectivity index (χ2n) is 8.77. The van der Waals surface area contributed by atoms with Gasteiger partial charge in [0.05, 0.1) is 28.7 Å². The van der Waals surface area contributed by atoms with Crippen molar-refractivity contribution in [2.75, 3.05) is 0 Å². The minimum Gasteiger partial charge on any atom is -0.293 e. The van der Waals surface area contributed by atoms with E-state index in [0.717, 1.165) is 17.1 Å². The molecule has 5 heteroatoms. The minimum atomic E-state index is -0.641. The number of rotatable bonds is 4. The Hall–Kier alpha value is -2.71. The Morgan fingerprint density at radius 1 is 1.28 bits per heavy atom. The molecule has 0 saturated heterocycles. The molecule has 0 spiro atoms. The number of Topliss-reactive ketones (excluding diaryl/α,β-unsaturated/α-hetero) is 1. The third kappa shape index (κ3) is 3.42. The van der Waals surface area contributed by atoms with E-state index in [1.807, 2.05) is 30.0 Å². The number of nitrogens with zero attached hydrogens (tertiary/aromatic N) is 3. The topological polar surface area (TPSA) is 58.7 Å². The Labute approximate surface area is 175 Å². The van der Waals surface area contributed by atoms with Crippen molar-refractivity contribution in [2.45, 2.75) is 46.5 Å². The van der Waals surface area contributed by atoms with Crippen LogP contribution in [0, 0.1) is 22.7 Å². The molecular formula is C24H25N3OS. The van der Waals surface area contributed by atoms with E-state index < -0.39 is 11.3 Å². The maximum atomic E-state index is 13.3. The van der Waals surface area contributed by atoms with Gasteiger partial charge in [0, 0.05) is 11.3 Å². The van der Waals surface area contributed by atoms with Crippen LogP contribution in [0.5, 0.6) is 0 Å². The molecule has 1 aromatic carbocycles. The van der Waals surface area contributed by atoms with E-state index in [0.29, 0.717) is 24.3 Å². The molecule has 0 fully saturated rings. The van der Waals surface area contributed by atoms with Gasteiger partial charge in [-0.3, -0.25) is 4.79 Å². The molecule has 0 radical (unpaired) electrons. The van der Waals surface area contributed by atoms with Crippen LogP contribution < -0.4 is 0 Å². The maximum Gasteiger partial charge on any atom is 0.184 e. The van der Waals surface area contributed by atoms with Crippen LogP contribution in [-0.4, -0.2) is 15.6 Å². The smallest absolute Gasteiger partial charge is 0.184 e. The van der Waals surface area contributed by atoms with Gasteiger partial charge in [-0.2, -0.15) is 10.4 Å². The Bertz CT molecular complexity index is 1080. The maximum absolute atomic E-state index is 13.3. The molecule has 1 atom stereocenters. The van der Waals surface area contributed by atoms with Crippen molar-refractivity contribution >= 4 is 17.1 Å². The lowest BCUT2D eigenvalue weighted by Crippen LogP contribution is -2.38. The molecule has 148 valence electrons. The Morgan fingerprint density at radius 2 is 2.00 bits per heavy atom. The summed E-state index contributed by atoms with van der Waals surface area (Å²) < 4.78 is 1.93. The molecular weight excluding hydrogens is 378 g/mol. The number of carbonyl (C=O) groups is 1. The van der Waals surface area contributed by atoms with Crippen LogP contribution >= 0.6 is 11.3 Å². The summed E-state index contributed by atoms with van der Waals surface area (Å²) in [5.74, 6) is -0.268. The molecule has 1 aliphatic carbocycles. The van der Waals surface area contributed by atoms with Crippen molar-refractivity contribution in [3.05, 3.63) is 69.2 Å². The molecule has 1 aliphatic rings. The molecule has 2 heterocycles. The molecule has 0 amide bonds. The Morgan fingerprint density at radius 3 is 2.59 bits per heavy atom. The zero-order chi connectivity index (χ0) is 20.8. The molecule has 0 bridgehead atoms. The Kier molecular flexibility index (Phi) is 4.92. The zero-order valence-corrected chi connectivity index (χ0v) is 18.1. The predicted molar refractivity (Wildman–Crippen MR) is 116 cm³/mol. The van der Waals surface area contributed by atoms with Crippen molar-refractivity contribution < 1.29 is 4.79 Å². The number of carbonyl (C=O) groups excluding carboxylic acids is 1. The van der Waals surface area contributed by atoms with Crippen molar-refractivity contribution in [1.29, 1.82) is 5.26 Å². The van der Waals surface area contributed by atoms with Crippen molar-refractivity contribution in [3.63, 3.8) is 0 Å². The van der Waals surface area contributed by atoms with Gasteiger partial charge in [0.15, 0.2) is 5.78 Å². The summed E-state index contributed by atoms with van der Waals surface area (Å²) in [5.41, 5.74) is 4.16. The lowest BCUT2D eigenvalue weighted by atomic mass is 9.68. The van der Waals surface area contributed by atoms with E-state index in [2.05, 4.69) is 50.2 Å². The van der Waals surface area contributed by atoms with Gasteiger partial charge >= 0.3 is 0 Å². The number of thiophene rings is 1. The fourth-order valence-electron chi connectivity index (χ4n) is 4.13. The highest BCUT2D eigenvalue weighted by Gasteiger charge is 2.45. The summed E-state index contributed by atoms with van der Waals surface area (Å²) in [6.07, 6.45) is 1.26. The van der Waals surface area contributed by atoms with E-state index in [1.165, 1.54) is 10.4 Å². The van der Waals surface area contributed by atoms with Crippen LogP contribution in [0.2, 0.25) is 0 Å². The SMILES string of the molecule is CC(C)c1ccc(-n2nc(Cc3cccs3)c3c2CC(C)(C)C(C#N)C3=O)cc1. The molecule has 29 heavy (non-hydrogen) atoms. The lowest BCUT2D eigenvalue weighted by Gasteiger charge is -2.33. The third-order valence-corrected chi connectivity index (χ3v) is 6.70. The number of nitriles is 1. The van der Waals surface area contributed by atoms with Crippen LogP contribution in [0.3, 0.4) is 0 Å². The van der Waals surface area contributed by atoms with Gasteiger partial charge in [0.1, 0.15) is 5.92 Å². The molecule has 4 rings (SSSR count). The highest BCUT2D eigenvalue weighted by Crippen LogP contribution is 2.41. The number of fused-ring (bicyclic) bond motifs is 1. The molecule has 0 saturated carbocycles. The summed E-state index contributed by atoms with van der Waals surface area (Å²) >= 11 is 1.66. The molecule has 0 N–H and O–H groups in total. The third-order valence-electron chi connectivity index (χ3n) is 5.82. The summed E-state index contributed by atoms with van der Waals surface area (Å²) in [6.45, 7) is 8.35.